The van der Waals surface area contributed by atoms with Crippen LogP contribution in [0.4, 0.5) is 0 Å². The molecular formula is C22H36O8. The van der Waals surface area contributed by atoms with Crippen molar-refractivity contribution < 1.29 is 38.8 Å². The van der Waals surface area contributed by atoms with Crippen molar-refractivity contribution in [1.82, 2.24) is 0 Å². The van der Waals surface area contributed by atoms with Gasteiger partial charge in [0.2, 0.25) is 0 Å². The average molecular weight is 429 g/mol. The molecule has 0 unspecified atom stereocenters. The van der Waals surface area contributed by atoms with Crippen LogP contribution in [0.3, 0.4) is 0 Å². The summed E-state index contributed by atoms with van der Waals surface area (Å²) >= 11 is 0. The van der Waals surface area contributed by atoms with Gasteiger partial charge in [-0.1, -0.05) is 6.92 Å². The number of aliphatic carboxylic acids is 1. The molecule has 0 aromatic heterocycles. The second-order valence-electron chi connectivity index (χ2n) is 9.69. The Morgan fingerprint density at radius 3 is 2.50 bits per heavy atom. The van der Waals surface area contributed by atoms with E-state index in [-0.39, 0.29) is 36.7 Å². The largest absolute Gasteiger partial charge is 0.481 e. The fraction of sp³-hybridized carbons (Fsp3) is 0.864. The summed E-state index contributed by atoms with van der Waals surface area (Å²) in [6.45, 7) is 7.33. The van der Waals surface area contributed by atoms with Gasteiger partial charge >= 0.3 is 11.9 Å². The Labute approximate surface area is 178 Å². The summed E-state index contributed by atoms with van der Waals surface area (Å²) in [5.74, 6) is -2.07. The molecule has 0 spiro atoms. The van der Waals surface area contributed by atoms with E-state index >= 15 is 0 Å². The summed E-state index contributed by atoms with van der Waals surface area (Å²) in [6, 6.07) is 0. The summed E-state index contributed by atoms with van der Waals surface area (Å²) in [5.41, 5.74) is -1.31. The number of Topliss-reactive ketones (excluding diaryl/α,β-unsaturated/α-hetero) is 1. The topological polar surface area (TPSA) is 119 Å². The Balaban J connectivity index is 1.83. The van der Waals surface area contributed by atoms with Crippen LogP contribution in [0.2, 0.25) is 0 Å². The molecule has 2 N–H and O–H groups in total. The third-order valence-electron chi connectivity index (χ3n) is 5.94. The molecule has 0 aromatic carbocycles. The molecule has 0 radical (unpaired) electrons. The smallest absolute Gasteiger partial charge is 0.311 e. The van der Waals surface area contributed by atoms with Gasteiger partial charge in [0.05, 0.1) is 36.9 Å². The lowest BCUT2D eigenvalue weighted by Gasteiger charge is -2.41. The highest BCUT2D eigenvalue weighted by Crippen LogP contribution is 2.43. The maximum absolute atomic E-state index is 12.0. The number of aliphatic hydroxyl groups is 1. The maximum Gasteiger partial charge on any atom is 0.311 e. The Kier molecular flexibility index (Phi) is 8.42. The number of carboxylic acids is 1. The number of carbonyl (C=O) groups is 3. The van der Waals surface area contributed by atoms with E-state index in [1.165, 1.54) is 0 Å². The van der Waals surface area contributed by atoms with Crippen LogP contribution in [-0.2, 0) is 28.6 Å². The minimum absolute atomic E-state index is 0.0831. The van der Waals surface area contributed by atoms with E-state index in [9.17, 15) is 19.5 Å². The van der Waals surface area contributed by atoms with E-state index in [2.05, 4.69) is 0 Å². The number of rotatable bonds is 10. The van der Waals surface area contributed by atoms with Gasteiger partial charge in [0.15, 0.2) is 0 Å². The van der Waals surface area contributed by atoms with Gasteiger partial charge in [-0.05, 0) is 52.9 Å². The molecule has 2 heterocycles. The zero-order valence-electron chi connectivity index (χ0n) is 18.5. The van der Waals surface area contributed by atoms with E-state index in [1.54, 1.807) is 6.92 Å². The molecule has 8 nitrogen and oxygen atoms in total. The zero-order chi connectivity index (χ0) is 22.5. The predicted molar refractivity (Wildman–Crippen MR) is 108 cm³/mol. The molecule has 172 valence electrons. The molecular weight excluding hydrogens is 392 g/mol. The van der Waals surface area contributed by atoms with E-state index in [0.717, 1.165) is 6.42 Å². The molecule has 8 heteroatoms. The van der Waals surface area contributed by atoms with Gasteiger partial charge in [0.1, 0.15) is 17.8 Å². The summed E-state index contributed by atoms with van der Waals surface area (Å²) < 4.78 is 17.6. The number of carboxylic acid groups (broad SMARTS) is 1. The molecule has 0 saturated carbocycles. The fourth-order valence-electron chi connectivity index (χ4n) is 4.19. The first kappa shape index (κ1) is 24.8. The normalized spacial score (nSPS) is 29.8. The van der Waals surface area contributed by atoms with Crippen LogP contribution in [0.25, 0.3) is 0 Å². The van der Waals surface area contributed by atoms with Gasteiger partial charge in [-0.3, -0.25) is 14.4 Å². The number of fused-ring (bicyclic) bond motifs is 1. The van der Waals surface area contributed by atoms with Crippen LogP contribution in [-0.4, -0.2) is 65.1 Å². The monoisotopic (exact) mass is 428 g/mol. The highest BCUT2D eigenvalue weighted by Gasteiger charge is 2.52. The Morgan fingerprint density at radius 1 is 1.20 bits per heavy atom. The molecule has 30 heavy (non-hydrogen) atoms. The number of ether oxygens (including phenoxy) is 3. The Morgan fingerprint density at radius 2 is 1.90 bits per heavy atom. The molecule has 2 fully saturated rings. The van der Waals surface area contributed by atoms with Crippen molar-refractivity contribution in [2.75, 3.05) is 13.2 Å². The van der Waals surface area contributed by atoms with Gasteiger partial charge in [-0.2, -0.15) is 0 Å². The minimum Gasteiger partial charge on any atom is -0.481 e. The number of carbonyl (C=O) groups excluding carboxylic acids is 2. The van der Waals surface area contributed by atoms with E-state index < -0.39 is 29.3 Å². The predicted octanol–water partition coefficient (Wildman–Crippen LogP) is 2.49. The lowest BCUT2D eigenvalue weighted by molar-refractivity contribution is -0.186. The molecule has 0 bridgehead atoms. The Bertz CT molecular complexity index is 625. The lowest BCUT2D eigenvalue weighted by Crippen LogP contribution is -2.51. The van der Waals surface area contributed by atoms with Gasteiger partial charge in [-0.15, -0.1) is 0 Å². The van der Waals surface area contributed by atoms with Crippen LogP contribution in [0, 0.1) is 11.3 Å². The summed E-state index contributed by atoms with van der Waals surface area (Å²) in [4.78, 5) is 34.6. The van der Waals surface area contributed by atoms with Crippen LogP contribution in [0.15, 0.2) is 0 Å². The zero-order valence-corrected chi connectivity index (χ0v) is 18.5. The van der Waals surface area contributed by atoms with Crippen LogP contribution < -0.4 is 0 Å². The number of aliphatic hydroxyl groups excluding tert-OH is 1. The van der Waals surface area contributed by atoms with Crippen molar-refractivity contribution in [2.24, 2.45) is 11.3 Å². The van der Waals surface area contributed by atoms with Crippen LogP contribution >= 0.6 is 0 Å². The first-order valence-corrected chi connectivity index (χ1v) is 10.8. The lowest BCUT2D eigenvalue weighted by atomic mass is 9.84. The standard InChI is InChI=1S/C22H36O8/c1-14(17(24)11-19(25)26)10-15-7-8-18-22(13-23,30-15)12-16(29-18)6-5-9-28-20(27)21(2,3)4/h14-16,18,23H,5-13H2,1-4H3,(H,25,26)/t14-,15-,16+,18+,22-/m1/s1. The van der Waals surface area contributed by atoms with E-state index in [4.69, 9.17) is 19.3 Å². The minimum atomic E-state index is -1.12. The number of ketones is 1. The van der Waals surface area contributed by atoms with Crippen molar-refractivity contribution in [2.45, 2.75) is 96.6 Å². The summed E-state index contributed by atoms with van der Waals surface area (Å²) in [5, 5.41) is 18.9. The molecule has 5 atom stereocenters. The van der Waals surface area contributed by atoms with Crippen molar-refractivity contribution >= 4 is 17.7 Å². The fourth-order valence-corrected chi connectivity index (χ4v) is 4.19. The molecule has 2 saturated heterocycles. The average Bonchev–Trinajstić information content (AvgIpc) is 3.02. The summed E-state index contributed by atoms with van der Waals surface area (Å²) in [6.07, 6.45) is 2.81. The number of hydrogen-bond acceptors (Lipinski definition) is 7. The molecule has 2 aliphatic rings. The van der Waals surface area contributed by atoms with Crippen LogP contribution in [0.1, 0.15) is 72.6 Å². The first-order chi connectivity index (χ1) is 14.0. The molecule has 2 rings (SSSR count). The molecule has 2 aliphatic heterocycles. The van der Waals surface area contributed by atoms with Gasteiger partial charge < -0.3 is 24.4 Å². The summed E-state index contributed by atoms with van der Waals surface area (Å²) in [7, 11) is 0. The van der Waals surface area contributed by atoms with Crippen molar-refractivity contribution in [3.63, 3.8) is 0 Å². The first-order valence-electron chi connectivity index (χ1n) is 10.8. The SMILES string of the molecule is C[C@H](C[C@H]1CC[C@@H]2O[C@@H](CCCOC(=O)C(C)(C)C)C[C@]2(CO)O1)C(=O)CC(=O)O. The third-order valence-corrected chi connectivity index (χ3v) is 5.94. The van der Waals surface area contributed by atoms with E-state index in [0.29, 0.717) is 38.7 Å². The van der Waals surface area contributed by atoms with Gasteiger partial charge in [-0.25, -0.2) is 0 Å². The quantitative estimate of drug-likeness (QED) is 0.309. The molecule has 0 aliphatic carbocycles. The highest BCUT2D eigenvalue weighted by atomic mass is 16.6. The van der Waals surface area contributed by atoms with Crippen molar-refractivity contribution in [3.8, 4) is 0 Å². The second-order valence-corrected chi connectivity index (χ2v) is 9.69. The molecule has 0 aromatic rings. The third kappa shape index (κ3) is 6.49. The number of esters is 1. The highest BCUT2D eigenvalue weighted by molar-refractivity contribution is 5.95. The Hall–Kier alpha value is -1.51. The van der Waals surface area contributed by atoms with E-state index in [1.807, 2.05) is 20.8 Å². The maximum atomic E-state index is 12.0. The van der Waals surface area contributed by atoms with Crippen molar-refractivity contribution in [1.29, 1.82) is 0 Å². The number of hydrogen-bond donors (Lipinski definition) is 2. The van der Waals surface area contributed by atoms with Crippen molar-refractivity contribution in [3.05, 3.63) is 0 Å². The van der Waals surface area contributed by atoms with Gasteiger partial charge in [0, 0.05) is 12.3 Å². The molecule has 0 amide bonds. The van der Waals surface area contributed by atoms with Gasteiger partial charge in [0.25, 0.3) is 0 Å². The van der Waals surface area contributed by atoms with Crippen LogP contribution in [0.5, 0.6) is 0 Å². The second kappa shape index (κ2) is 10.2.